The highest BCUT2D eigenvalue weighted by atomic mass is 16.2. The summed E-state index contributed by atoms with van der Waals surface area (Å²) in [5.41, 5.74) is 2.57. The molecular weight excluding hydrogens is 304 g/mol. The Labute approximate surface area is 142 Å². The van der Waals surface area contributed by atoms with E-state index < -0.39 is 0 Å². The average Bonchev–Trinajstić information content (AvgIpc) is 2.99. The molecule has 3 rings (SSSR count). The van der Waals surface area contributed by atoms with Gasteiger partial charge in [-0.25, -0.2) is 0 Å². The largest absolute Gasteiger partial charge is 0.348 e. The molecule has 2 unspecified atom stereocenters. The molecule has 0 radical (unpaired) electrons. The molecular formula is C19H24N2O3. The second kappa shape index (κ2) is 6.38. The van der Waals surface area contributed by atoms with Crippen LogP contribution in [0.5, 0.6) is 0 Å². The number of ketones is 1. The minimum Gasteiger partial charge on any atom is -0.348 e. The molecule has 2 aliphatic rings. The summed E-state index contributed by atoms with van der Waals surface area (Å²) < 4.78 is 2.12. The van der Waals surface area contributed by atoms with Crippen LogP contribution in [0.4, 0.5) is 0 Å². The van der Waals surface area contributed by atoms with Crippen molar-refractivity contribution in [3.05, 3.63) is 35.2 Å². The number of hydrogen-bond donors (Lipinski definition) is 0. The van der Waals surface area contributed by atoms with Gasteiger partial charge in [-0.15, -0.1) is 0 Å². The normalized spacial score (nSPS) is 23.0. The Morgan fingerprint density at radius 1 is 1.12 bits per heavy atom. The van der Waals surface area contributed by atoms with Crippen molar-refractivity contribution in [2.45, 2.75) is 46.6 Å². The Kier molecular flexibility index (Phi) is 4.43. The SMILES string of the molecule is CCCn1c(C)cc(C(=O)CN2C(=O)C3CC=CCC3C2=O)c1C. The van der Waals surface area contributed by atoms with Gasteiger partial charge in [0.05, 0.1) is 18.4 Å². The average molecular weight is 328 g/mol. The van der Waals surface area contributed by atoms with E-state index in [4.69, 9.17) is 0 Å². The number of rotatable bonds is 5. The van der Waals surface area contributed by atoms with E-state index in [9.17, 15) is 14.4 Å². The lowest BCUT2D eigenvalue weighted by atomic mass is 9.85. The van der Waals surface area contributed by atoms with Gasteiger partial charge in [0, 0.05) is 23.5 Å². The number of Topliss-reactive ketones (excluding diaryl/α,β-unsaturated/α-hetero) is 1. The summed E-state index contributed by atoms with van der Waals surface area (Å²) >= 11 is 0. The van der Waals surface area contributed by atoms with Crippen LogP contribution in [0.3, 0.4) is 0 Å². The molecule has 0 N–H and O–H groups in total. The van der Waals surface area contributed by atoms with Crippen LogP contribution < -0.4 is 0 Å². The molecule has 1 aliphatic carbocycles. The van der Waals surface area contributed by atoms with Gasteiger partial charge >= 0.3 is 0 Å². The van der Waals surface area contributed by atoms with Crippen LogP contribution in [0.2, 0.25) is 0 Å². The van der Waals surface area contributed by atoms with E-state index in [1.165, 1.54) is 4.90 Å². The van der Waals surface area contributed by atoms with E-state index in [-0.39, 0.29) is 36.0 Å². The van der Waals surface area contributed by atoms with Gasteiger partial charge < -0.3 is 4.57 Å². The number of hydrogen-bond acceptors (Lipinski definition) is 3. The number of likely N-dealkylation sites (tertiary alicyclic amines) is 1. The molecule has 5 heteroatoms. The van der Waals surface area contributed by atoms with Gasteiger partial charge in [0.25, 0.3) is 0 Å². The summed E-state index contributed by atoms with van der Waals surface area (Å²) in [6.45, 7) is 6.72. The molecule has 0 aromatic carbocycles. The number of fused-ring (bicyclic) bond motifs is 1. The fourth-order valence-corrected chi connectivity index (χ4v) is 3.90. The zero-order valence-corrected chi connectivity index (χ0v) is 14.5. The molecule has 24 heavy (non-hydrogen) atoms. The van der Waals surface area contributed by atoms with Gasteiger partial charge in [0.1, 0.15) is 0 Å². The summed E-state index contributed by atoms with van der Waals surface area (Å²) in [6.07, 6.45) is 6.10. The van der Waals surface area contributed by atoms with Crippen molar-refractivity contribution >= 4 is 17.6 Å². The van der Waals surface area contributed by atoms with Crippen molar-refractivity contribution in [1.29, 1.82) is 0 Å². The van der Waals surface area contributed by atoms with E-state index in [1.54, 1.807) is 0 Å². The van der Waals surface area contributed by atoms with Gasteiger partial charge in [-0.1, -0.05) is 19.1 Å². The first-order valence-corrected chi connectivity index (χ1v) is 8.65. The minimum atomic E-state index is -0.275. The number of carbonyl (C=O) groups is 3. The van der Waals surface area contributed by atoms with Crippen molar-refractivity contribution in [3.63, 3.8) is 0 Å². The van der Waals surface area contributed by atoms with Crippen molar-refractivity contribution in [2.24, 2.45) is 11.8 Å². The summed E-state index contributed by atoms with van der Waals surface area (Å²) in [5.74, 6) is -1.08. The van der Waals surface area contributed by atoms with Crippen molar-refractivity contribution < 1.29 is 14.4 Å². The molecule has 1 aromatic heterocycles. The quantitative estimate of drug-likeness (QED) is 0.474. The molecule has 0 saturated carbocycles. The van der Waals surface area contributed by atoms with Crippen LogP contribution in [0.1, 0.15) is 47.9 Å². The zero-order chi connectivity index (χ0) is 17.4. The first kappa shape index (κ1) is 16.7. The van der Waals surface area contributed by atoms with Crippen LogP contribution in [0, 0.1) is 25.7 Å². The molecule has 0 bridgehead atoms. The minimum absolute atomic E-state index is 0.138. The highest BCUT2D eigenvalue weighted by Crippen LogP contribution is 2.35. The third kappa shape index (κ3) is 2.62. The predicted octanol–water partition coefficient (Wildman–Crippen LogP) is 2.65. The molecule has 5 nitrogen and oxygen atoms in total. The molecule has 0 spiro atoms. The second-order valence-electron chi connectivity index (χ2n) is 6.78. The lowest BCUT2D eigenvalue weighted by Gasteiger charge is -2.14. The van der Waals surface area contributed by atoms with E-state index in [0.29, 0.717) is 18.4 Å². The van der Waals surface area contributed by atoms with E-state index in [1.807, 2.05) is 32.1 Å². The van der Waals surface area contributed by atoms with Gasteiger partial charge in [-0.2, -0.15) is 0 Å². The Bertz CT molecular complexity index is 703. The third-order valence-electron chi connectivity index (χ3n) is 5.22. The molecule has 128 valence electrons. The Morgan fingerprint density at radius 2 is 1.71 bits per heavy atom. The number of amides is 2. The molecule has 2 amide bonds. The third-order valence-corrected chi connectivity index (χ3v) is 5.22. The maximum absolute atomic E-state index is 12.7. The Balaban J connectivity index is 1.79. The number of aromatic nitrogens is 1. The van der Waals surface area contributed by atoms with Crippen LogP contribution >= 0.6 is 0 Å². The summed E-state index contributed by atoms with van der Waals surface area (Å²) in [7, 11) is 0. The molecule has 2 atom stereocenters. The van der Waals surface area contributed by atoms with E-state index in [2.05, 4.69) is 11.5 Å². The zero-order valence-electron chi connectivity index (χ0n) is 14.5. The van der Waals surface area contributed by atoms with Gasteiger partial charge in [-0.05, 0) is 39.2 Å². The fourth-order valence-electron chi connectivity index (χ4n) is 3.90. The predicted molar refractivity (Wildman–Crippen MR) is 90.6 cm³/mol. The number of allylic oxidation sites excluding steroid dienone is 2. The standard InChI is InChI=1S/C19H24N2O3/c1-4-9-20-12(2)10-16(13(20)3)17(22)11-21-18(23)14-7-5-6-8-15(14)19(21)24/h5-6,10,14-15H,4,7-9,11H2,1-3H3. The van der Waals surface area contributed by atoms with Crippen LogP contribution in [0.25, 0.3) is 0 Å². The maximum Gasteiger partial charge on any atom is 0.233 e. The Hall–Kier alpha value is -2.17. The van der Waals surface area contributed by atoms with Crippen molar-refractivity contribution in [3.8, 4) is 0 Å². The first-order chi connectivity index (χ1) is 11.5. The first-order valence-electron chi connectivity index (χ1n) is 8.65. The number of aryl methyl sites for hydroxylation is 1. The molecule has 2 heterocycles. The summed E-state index contributed by atoms with van der Waals surface area (Å²) in [5, 5.41) is 0. The number of nitrogens with zero attached hydrogens (tertiary/aromatic N) is 2. The molecule has 1 saturated heterocycles. The van der Waals surface area contributed by atoms with Crippen LogP contribution in [-0.4, -0.2) is 33.6 Å². The lowest BCUT2D eigenvalue weighted by molar-refractivity contribution is -0.139. The summed E-state index contributed by atoms with van der Waals surface area (Å²) in [4.78, 5) is 38.9. The lowest BCUT2D eigenvalue weighted by Crippen LogP contribution is -2.36. The highest BCUT2D eigenvalue weighted by Gasteiger charge is 2.47. The maximum atomic E-state index is 12.7. The number of carbonyl (C=O) groups excluding carboxylic acids is 3. The smallest absolute Gasteiger partial charge is 0.233 e. The van der Waals surface area contributed by atoms with Crippen LogP contribution in [0.15, 0.2) is 18.2 Å². The van der Waals surface area contributed by atoms with Crippen LogP contribution in [-0.2, 0) is 16.1 Å². The Morgan fingerprint density at radius 3 is 2.25 bits per heavy atom. The summed E-state index contributed by atoms with van der Waals surface area (Å²) in [6, 6.07) is 1.87. The number of imide groups is 1. The van der Waals surface area contributed by atoms with Gasteiger partial charge in [-0.3, -0.25) is 19.3 Å². The molecule has 1 aromatic rings. The molecule has 1 fully saturated rings. The van der Waals surface area contributed by atoms with E-state index >= 15 is 0 Å². The fraction of sp³-hybridized carbons (Fsp3) is 0.526. The van der Waals surface area contributed by atoms with Gasteiger partial charge in [0.2, 0.25) is 11.8 Å². The highest BCUT2D eigenvalue weighted by molar-refractivity contribution is 6.10. The monoisotopic (exact) mass is 328 g/mol. The topological polar surface area (TPSA) is 59.4 Å². The van der Waals surface area contributed by atoms with Gasteiger partial charge in [0.15, 0.2) is 5.78 Å². The van der Waals surface area contributed by atoms with E-state index in [0.717, 1.165) is 24.4 Å². The van der Waals surface area contributed by atoms with Crippen molar-refractivity contribution in [2.75, 3.05) is 6.54 Å². The van der Waals surface area contributed by atoms with Crippen molar-refractivity contribution in [1.82, 2.24) is 9.47 Å². The molecule has 1 aliphatic heterocycles. The second-order valence-corrected chi connectivity index (χ2v) is 6.78.